The van der Waals surface area contributed by atoms with E-state index in [1.807, 2.05) is 7.05 Å². The van der Waals surface area contributed by atoms with E-state index >= 15 is 0 Å². The van der Waals surface area contributed by atoms with Crippen LogP contribution in [0.15, 0.2) is 0 Å². The molecule has 3 heteroatoms. The van der Waals surface area contributed by atoms with Gasteiger partial charge in [-0.05, 0) is 0 Å². The summed E-state index contributed by atoms with van der Waals surface area (Å²) in [6.07, 6.45) is 0. The van der Waals surface area contributed by atoms with Gasteiger partial charge in [0.2, 0.25) is 0 Å². The molecule has 0 aromatic heterocycles. The first kappa shape index (κ1) is 6.47. The third kappa shape index (κ3) is 1.19. The molecule has 2 nitrogen and oxygen atoms in total. The van der Waals surface area contributed by atoms with Crippen molar-refractivity contribution in [2.45, 2.75) is 0 Å². The second-order valence-corrected chi connectivity index (χ2v) is 6.37. The van der Waals surface area contributed by atoms with Crippen molar-refractivity contribution in [2.24, 2.45) is 0 Å². The highest BCUT2D eigenvalue weighted by molar-refractivity contribution is 7.70. The highest BCUT2D eigenvalue weighted by Crippen LogP contribution is 2.53. The Balaban J connectivity index is 2.37. The smallest absolute Gasteiger partial charge is 0.143 e. The molecule has 0 bridgehead atoms. The van der Waals surface area contributed by atoms with Crippen LogP contribution in [0.1, 0.15) is 0 Å². The first-order chi connectivity index (χ1) is 3.67. The second-order valence-electron chi connectivity index (χ2n) is 2.57. The van der Waals surface area contributed by atoms with Crippen molar-refractivity contribution >= 4 is 7.56 Å². The Morgan fingerprint density at radius 2 is 1.88 bits per heavy atom. The summed E-state index contributed by atoms with van der Waals surface area (Å²) in [7, 11) is 1.25. The van der Waals surface area contributed by atoms with Crippen LogP contribution in [-0.4, -0.2) is 38.1 Å². The zero-order valence-electron chi connectivity index (χ0n) is 5.81. The Bertz CT molecular complexity index is 88.4. The Morgan fingerprint density at radius 1 is 1.38 bits per heavy atom. The molecule has 0 radical (unpaired) electrons. The van der Waals surface area contributed by atoms with E-state index in [9.17, 15) is 0 Å². The molecule has 0 unspecified atom stereocenters. The van der Waals surface area contributed by atoms with Crippen molar-refractivity contribution in [1.29, 1.82) is 0 Å². The van der Waals surface area contributed by atoms with Gasteiger partial charge in [-0.1, -0.05) is 0 Å². The van der Waals surface area contributed by atoms with E-state index in [-0.39, 0.29) is 0 Å². The molecular formula is C5H14N2P+. The SMILES string of the molecule is CN[P+](C)(C)N1CC1. The monoisotopic (exact) mass is 133 g/mol. The molecule has 1 heterocycles. The zero-order valence-corrected chi connectivity index (χ0v) is 6.70. The summed E-state index contributed by atoms with van der Waals surface area (Å²) in [5, 5.41) is 3.34. The summed E-state index contributed by atoms with van der Waals surface area (Å²) >= 11 is 0. The van der Waals surface area contributed by atoms with Gasteiger partial charge in [-0.15, -0.1) is 0 Å². The summed E-state index contributed by atoms with van der Waals surface area (Å²) in [6, 6.07) is 0. The van der Waals surface area contributed by atoms with Crippen LogP contribution in [0.2, 0.25) is 0 Å². The van der Waals surface area contributed by atoms with E-state index in [4.69, 9.17) is 0 Å². The lowest BCUT2D eigenvalue weighted by Crippen LogP contribution is -2.14. The Morgan fingerprint density at radius 3 is 2.00 bits per heavy atom. The van der Waals surface area contributed by atoms with Crippen LogP contribution in [-0.2, 0) is 0 Å². The number of rotatable bonds is 2. The highest BCUT2D eigenvalue weighted by atomic mass is 31.2. The van der Waals surface area contributed by atoms with Crippen LogP contribution in [0.25, 0.3) is 0 Å². The molecule has 1 aliphatic heterocycles. The summed E-state index contributed by atoms with van der Waals surface area (Å²) in [6.45, 7) is 7.23. The molecule has 48 valence electrons. The van der Waals surface area contributed by atoms with Crippen molar-refractivity contribution < 1.29 is 0 Å². The largest absolute Gasteiger partial charge is 0.180 e. The van der Waals surface area contributed by atoms with Crippen molar-refractivity contribution in [3.05, 3.63) is 0 Å². The van der Waals surface area contributed by atoms with Gasteiger partial charge in [0, 0.05) is 7.05 Å². The standard InChI is InChI=1S/C5H14N2P/c1-6-8(2,3)7-4-5-7/h6H,4-5H2,1-3H3/q+1. The first-order valence-electron chi connectivity index (χ1n) is 2.95. The van der Waals surface area contributed by atoms with Crippen LogP contribution in [0, 0.1) is 0 Å². The number of hydrogen-bond acceptors (Lipinski definition) is 2. The van der Waals surface area contributed by atoms with E-state index < -0.39 is 7.56 Å². The predicted molar refractivity (Wildman–Crippen MR) is 39.4 cm³/mol. The van der Waals surface area contributed by atoms with Gasteiger partial charge in [0.05, 0.1) is 26.4 Å². The summed E-state index contributed by atoms with van der Waals surface area (Å²) < 4.78 is 2.49. The average Bonchev–Trinajstić information content (AvgIpc) is 2.44. The molecule has 0 saturated carbocycles. The minimum Gasteiger partial charge on any atom is -0.180 e. The quantitative estimate of drug-likeness (QED) is 0.439. The van der Waals surface area contributed by atoms with Crippen LogP contribution in [0.5, 0.6) is 0 Å². The van der Waals surface area contributed by atoms with Gasteiger partial charge in [0.25, 0.3) is 0 Å². The van der Waals surface area contributed by atoms with Gasteiger partial charge in [0.1, 0.15) is 7.56 Å². The van der Waals surface area contributed by atoms with Gasteiger partial charge in [-0.3, -0.25) is 0 Å². The van der Waals surface area contributed by atoms with Crippen molar-refractivity contribution in [3.63, 3.8) is 0 Å². The van der Waals surface area contributed by atoms with Crippen LogP contribution in [0.4, 0.5) is 0 Å². The molecule has 1 fully saturated rings. The van der Waals surface area contributed by atoms with Gasteiger partial charge in [-0.25, -0.2) is 0 Å². The summed E-state index contributed by atoms with van der Waals surface area (Å²) in [5.41, 5.74) is 0. The molecular weight excluding hydrogens is 119 g/mol. The number of nitrogens with one attached hydrogen (secondary N) is 1. The van der Waals surface area contributed by atoms with Gasteiger partial charge in [0.15, 0.2) is 0 Å². The van der Waals surface area contributed by atoms with E-state index in [1.54, 1.807) is 0 Å². The van der Waals surface area contributed by atoms with Crippen molar-refractivity contribution in [1.82, 2.24) is 9.76 Å². The van der Waals surface area contributed by atoms with Gasteiger partial charge in [-0.2, -0.15) is 9.76 Å². The molecule has 0 aromatic rings. The molecule has 0 atom stereocenters. The first-order valence-corrected chi connectivity index (χ1v) is 5.59. The third-order valence-electron chi connectivity index (χ3n) is 1.68. The maximum absolute atomic E-state index is 3.34. The topological polar surface area (TPSA) is 15.0 Å². The van der Waals surface area contributed by atoms with Crippen molar-refractivity contribution in [3.8, 4) is 0 Å². The maximum Gasteiger partial charge on any atom is 0.143 e. The Kier molecular flexibility index (Phi) is 1.57. The van der Waals surface area contributed by atoms with Gasteiger partial charge >= 0.3 is 0 Å². The minimum absolute atomic E-state index is 0.801. The highest BCUT2D eigenvalue weighted by Gasteiger charge is 2.40. The summed E-state index contributed by atoms with van der Waals surface area (Å²) in [4.78, 5) is 0. The Hall–Kier alpha value is 0.350. The fourth-order valence-corrected chi connectivity index (χ4v) is 2.06. The fourth-order valence-electron chi connectivity index (χ4n) is 0.686. The predicted octanol–water partition coefficient (Wildman–Crippen LogP) is 0.629. The molecule has 1 rings (SSSR count). The fraction of sp³-hybridized carbons (Fsp3) is 1.00. The van der Waals surface area contributed by atoms with Crippen LogP contribution in [0.3, 0.4) is 0 Å². The lowest BCUT2D eigenvalue weighted by atomic mass is 11.0. The minimum atomic E-state index is -0.801. The lowest BCUT2D eigenvalue weighted by Gasteiger charge is -2.15. The normalized spacial score (nSPS) is 21.4. The maximum atomic E-state index is 3.34. The lowest BCUT2D eigenvalue weighted by molar-refractivity contribution is 0.874. The second kappa shape index (κ2) is 1.94. The summed E-state index contributed by atoms with van der Waals surface area (Å²) in [5.74, 6) is 0. The molecule has 1 saturated heterocycles. The molecule has 8 heavy (non-hydrogen) atoms. The van der Waals surface area contributed by atoms with E-state index in [0.717, 1.165) is 0 Å². The van der Waals surface area contributed by atoms with Gasteiger partial charge < -0.3 is 0 Å². The van der Waals surface area contributed by atoms with E-state index in [0.29, 0.717) is 0 Å². The van der Waals surface area contributed by atoms with Crippen LogP contribution < -0.4 is 5.09 Å². The molecule has 0 spiro atoms. The third-order valence-corrected chi connectivity index (χ3v) is 4.59. The molecule has 1 aliphatic rings. The molecule has 1 N–H and O–H groups in total. The zero-order chi connectivity index (χ0) is 6.20. The average molecular weight is 133 g/mol. The van der Waals surface area contributed by atoms with E-state index in [1.165, 1.54) is 13.1 Å². The van der Waals surface area contributed by atoms with Crippen LogP contribution >= 0.6 is 7.56 Å². The number of nitrogens with zero attached hydrogens (tertiary/aromatic N) is 1. The molecule has 0 aromatic carbocycles. The molecule has 0 aliphatic carbocycles. The van der Waals surface area contributed by atoms with Crippen molar-refractivity contribution in [2.75, 3.05) is 33.5 Å². The molecule has 0 amide bonds. The Labute approximate surface area is 51.7 Å². The van der Waals surface area contributed by atoms with E-state index in [2.05, 4.69) is 23.1 Å². The number of hydrogen-bond donors (Lipinski definition) is 1.